The summed E-state index contributed by atoms with van der Waals surface area (Å²) in [7, 11) is 0. The van der Waals surface area contributed by atoms with Crippen molar-refractivity contribution in [2.45, 2.75) is 52.0 Å². The van der Waals surface area contributed by atoms with Gasteiger partial charge in [0.15, 0.2) is 0 Å². The molecule has 138 valence electrons. The molecule has 0 radical (unpaired) electrons. The largest absolute Gasteiger partial charge is 0.493 e. The molecule has 0 aliphatic heterocycles. The predicted molar refractivity (Wildman–Crippen MR) is 100 cm³/mol. The molecule has 6 nitrogen and oxygen atoms in total. The Morgan fingerprint density at radius 1 is 1.08 bits per heavy atom. The molecule has 0 aliphatic carbocycles. The maximum Gasteiger partial charge on any atom is 0.336 e. The lowest BCUT2D eigenvalue weighted by molar-refractivity contribution is 0.304. The van der Waals surface area contributed by atoms with Gasteiger partial charge in [0.25, 0.3) is 0 Å². The van der Waals surface area contributed by atoms with Gasteiger partial charge in [0.05, 0.1) is 6.61 Å². The minimum atomic E-state index is -0.323. The number of aryl methyl sites for hydroxylation is 2. The molecule has 2 heterocycles. The van der Waals surface area contributed by atoms with Crippen molar-refractivity contribution in [1.29, 1.82) is 0 Å². The van der Waals surface area contributed by atoms with Gasteiger partial charge >= 0.3 is 5.63 Å². The van der Waals surface area contributed by atoms with Crippen molar-refractivity contribution in [2.75, 3.05) is 6.61 Å². The summed E-state index contributed by atoms with van der Waals surface area (Å²) in [4.78, 5) is 15.4. The number of ether oxygens (including phenoxy) is 1. The smallest absolute Gasteiger partial charge is 0.336 e. The standard InChI is InChI=1S/C20H25N3O3/c1-16-12-20(24)26-19-13-17(8-9-18(16)19)25-11-7-5-3-2-4-6-10-23-15-21-14-22-23/h8-9,12-15H,2-7,10-11H2,1H3. The minimum absolute atomic E-state index is 0.323. The lowest BCUT2D eigenvalue weighted by Gasteiger charge is -2.07. The summed E-state index contributed by atoms with van der Waals surface area (Å²) < 4.78 is 12.9. The summed E-state index contributed by atoms with van der Waals surface area (Å²) >= 11 is 0. The van der Waals surface area contributed by atoms with Crippen LogP contribution in [0.3, 0.4) is 0 Å². The van der Waals surface area contributed by atoms with E-state index in [-0.39, 0.29) is 5.63 Å². The third kappa shape index (κ3) is 5.18. The fourth-order valence-electron chi connectivity index (χ4n) is 3.02. The molecule has 0 amide bonds. The highest BCUT2D eigenvalue weighted by atomic mass is 16.5. The maximum atomic E-state index is 11.5. The van der Waals surface area contributed by atoms with Gasteiger partial charge in [-0.3, -0.25) is 4.68 Å². The minimum Gasteiger partial charge on any atom is -0.493 e. The SMILES string of the molecule is Cc1cc(=O)oc2cc(OCCCCCCCCn3cncn3)ccc12. The Labute approximate surface area is 152 Å². The maximum absolute atomic E-state index is 11.5. The van der Waals surface area contributed by atoms with Crippen molar-refractivity contribution in [2.24, 2.45) is 0 Å². The molecule has 0 spiro atoms. The Bertz CT molecular complexity index is 872. The quantitative estimate of drug-likeness (QED) is 0.404. The van der Waals surface area contributed by atoms with Crippen LogP contribution in [0, 0.1) is 6.92 Å². The molecular formula is C20H25N3O3. The zero-order valence-corrected chi connectivity index (χ0v) is 15.2. The first-order valence-electron chi connectivity index (χ1n) is 9.22. The van der Waals surface area contributed by atoms with E-state index in [1.165, 1.54) is 25.3 Å². The zero-order valence-electron chi connectivity index (χ0n) is 15.2. The van der Waals surface area contributed by atoms with Gasteiger partial charge in [-0.05, 0) is 37.5 Å². The van der Waals surface area contributed by atoms with Gasteiger partial charge in [-0.1, -0.05) is 25.7 Å². The van der Waals surface area contributed by atoms with Crippen molar-refractivity contribution in [3.05, 3.63) is 52.9 Å². The number of benzene rings is 1. The van der Waals surface area contributed by atoms with E-state index in [4.69, 9.17) is 9.15 Å². The number of unbranched alkanes of at least 4 members (excludes halogenated alkanes) is 5. The molecule has 1 aromatic carbocycles. The Hall–Kier alpha value is -2.63. The van der Waals surface area contributed by atoms with Crippen LogP contribution >= 0.6 is 0 Å². The van der Waals surface area contributed by atoms with E-state index >= 15 is 0 Å². The number of nitrogens with zero attached hydrogens (tertiary/aromatic N) is 3. The zero-order chi connectivity index (χ0) is 18.2. The lowest BCUT2D eigenvalue weighted by Crippen LogP contribution is -2.00. The highest BCUT2D eigenvalue weighted by molar-refractivity contribution is 5.81. The first kappa shape index (κ1) is 18.2. The first-order valence-corrected chi connectivity index (χ1v) is 9.22. The van der Waals surface area contributed by atoms with Crippen LogP contribution in [0.5, 0.6) is 5.75 Å². The molecular weight excluding hydrogens is 330 g/mol. The summed E-state index contributed by atoms with van der Waals surface area (Å²) in [6.07, 6.45) is 10.3. The Balaban J connectivity index is 1.31. The molecule has 0 unspecified atom stereocenters. The van der Waals surface area contributed by atoms with Crippen LogP contribution < -0.4 is 10.4 Å². The van der Waals surface area contributed by atoms with Gasteiger partial charge in [-0.15, -0.1) is 0 Å². The van der Waals surface area contributed by atoms with Crippen LogP contribution in [0.15, 0.2) is 46.1 Å². The molecule has 0 N–H and O–H groups in total. The monoisotopic (exact) mass is 355 g/mol. The van der Waals surface area contributed by atoms with E-state index in [1.54, 1.807) is 18.7 Å². The number of fused-ring (bicyclic) bond motifs is 1. The van der Waals surface area contributed by atoms with Crippen LogP contribution in [0.1, 0.15) is 44.1 Å². The third-order valence-electron chi connectivity index (χ3n) is 4.44. The molecule has 3 aromatic rings. The van der Waals surface area contributed by atoms with Crippen molar-refractivity contribution >= 4 is 11.0 Å². The fraction of sp³-hybridized carbons (Fsp3) is 0.450. The van der Waals surface area contributed by atoms with Gasteiger partial charge in [-0.2, -0.15) is 5.10 Å². The average molecular weight is 355 g/mol. The summed E-state index contributed by atoms with van der Waals surface area (Å²) in [5, 5.41) is 5.04. The summed E-state index contributed by atoms with van der Waals surface area (Å²) in [6.45, 7) is 3.53. The van der Waals surface area contributed by atoms with Crippen molar-refractivity contribution < 1.29 is 9.15 Å². The average Bonchev–Trinajstić information content (AvgIpc) is 3.13. The first-order chi connectivity index (χ1) is 12.7. The van der Waals surface area contributed by atoms with Gasteiger partial charge in [-0.25, -0.2) is 9.78 Å². The van der Waals surface area contributed by atoms with E-state index in [1.807, 2.05) is 23.7 Å². The van der Waals surface area contributed by atoms with Crippen LogP contribution in [0.2, 0.25) is 0 Å². The fourth-order valence-corrected chi connectivity index (χ4v) is 3.02. The van der Waals surface area contributed by atoms with Gasteiger partial charge < -0.3 is 9.15 Å². The Kier molecular flexibility index (Phi) is 6.41. The van der Waals surface area contributed by atoms with Crippen molar-refractivity contribution in [3.63, 3.8) is 0 Å². The molecule has 26 heavy (non-hydrogen) atoms. The van der Waals surface area contributed by atoms with Gasteiger partial charge in [0.2, 0.25) is 0 Å². The second-order valence-corrected chi connectivity index (χ2v) is 6.53. The second-order valence-electron chi connectivity index (χ2n) is 6.53. The molecule has 6 heteroatoms. The number of aromatic nitrogens is 3. The summed E-state index contributed by atoms with van der Waals surface area (Å²) in [6, 6.07) is 7.18. The molecule has 3 rings (SSSR count). The molecule has 0 fully saturated rings. The Morgan fingerprint density at radius 2 is 1.88 bits per heavy atom. The highest BCUT2D eigenvalue weighted by Crippen LogP contribution is 2.22. The molecule has 0 aliphatic rings. The molecule has 0 atom stereocenters. The predicted octanol–water partition coefficient (Wildman–Crippen LogP) is 4.11. The van der Waals surface area contributed by atoms with Crippen molar-refractivity contribution in [3.8, 4) is 5.75 Å². The van der Waals surface area contributed by atoms with E-state index in [0.29, 0.717) is 12.2 Å². The van der Waals surface area contributed by atoms with E-state index in [9.17, 15) is 4.79 Å². The lowest BCUT2D eigenvalue weighted by atomic mass is 10.1. The van der Waals surface area contributed by atoms with Gasteiger partial charge in [0.1, 0.15) is 24.0 Å². The summed E-state index contributed by atoms with van der Waals surface area (Å²) in [5.41, 5.74) is 1.18. The van der Waals surface area contributed by atoms with E-state index < -0.39 is 0 Å². The van der Waals surface area contributed by atoms with Crippen LogP contribution in [-0.4, -0.2) is 21.4 Å². The number of hydrogen-bond donors (Lipinski definition) is 0. The normalized spacial score (nSPS) is 11.1. The van der Waals surface area contributed by atoms with Crippen LogP contribution in [0.4, 0.5) is 0 Å². The molecule has 2 aromatic heterocycles. The number of hydrogen-bond acceptors (Lipinski definition) is 5. The van der Waals surface area contributed by atoms with Crippen LogP contribution in [-0.2, 0) is 6.54 Å². The molecule has 0 saturated heterocycles. The van der Waals surface area contributed by atoms with Crippen LogP contribution in [0.25, 0.3) is 11.0 Å². The highest BCUT2D eigenvalue weighted by Gasteiger charge is 2.04. The second kappa shape index (κ2) is 9.17. The number of rotatable bonds is 10. The molecule has 0 bridgehead atoms. The van der Waals surface area contributed by atoms with Crippen molar-refractivity contribution in [1.82, 2.24) is 14.8 Å². The molecule has 0 saturated carbocycles. The van der Waals surface area contributed by atoms with E-state index in [0.717, 1.165) is 42.5 Å². The van der Waals surface area contributed by atoms with E-state index in [2.05, 4.69) is 10.1 Å². The third-order valence-corrected chi connectivity index (χ3v) is 4.44. The van der Waals surface area contributed by atoms with Gasteiger partial charge in [0, 0.05) is 24.1 Å². The topological polar surface area (TPSA) is 70.2 Å². The summed E-state index contributed by atoms with van der Waals surface area (Å²) in [5.74, 6) is 0.749. The Morgan fingerprint density at radius 3 is 2.69 bits per heavy atom.